The molecule has 1 aromatic carbocycles. The summed E-state index contributed by atoms with van der Waals surface area (Å²) in [5.74, 6) is 0. The van der Waals surface area contributed by atoms with E-state index >= 15 is 0 Å². The molecule has 0 saturated heterocycles. The number of hydrogen-bond acceptors (Lipinski definition) is 6. The fourth-order valence-electron chi connectivity index (χ4n) is 2.42. The molecule has 0 heterocycles. The highest BCUT2D eigenvalue weighted by Gasteiger charge is 2.23. The van der Waals surface area contributed by atoms with Crippen LogP contribution < -0.4 is 0 Å². The molecule has 8 heteroatoms. The molecule has 29 heavy (non-hydrogen) atoms. The fourth-order valence-corrected chi connectivity index (χ4v) is 3.98. The second-order valence-electron chi connectivity index (χ2n) is 6.52. The highest BCUT2D eigenvalue weighted by Crippen LogP contribution is 2.24. The van der Waals surface area contributed by atoms with Gasteiger partial charge < -0.3 is 0 Å². The van der Waals surface area contributed by atoms with Gasteiger partial charge in [0.15, 0.2) is 6.29 Å². The van der Waals surface area contributed by atoms with Crippen molar-refractivity contribution in [2.45, 2.75) is 51.3 Å². The first-order valence-corrected chi connectivity index (χ1v) is 11.0. The van der Waals surface area contributed by atoms with E-state index in [-0.39, 0.29) is 16.2 Å². The number of allylic oxidation sites excluding steroid dienone is 2. The molecule has 0 amide bonds. The molecule has 0 aromatic heterocycles. The standard InChI is InChI=1S/C21H28N4O3S/c1-5-7-12-25(13-8-6-2)29(27,28)21-11-9-10-20(14-21)24-23-18(4)17(3)19(15-22)16-26/h9-11,14,16H,4-8,12-13H2,1-3H3/b19-17-,24-23?. The molecule has 0 fully saturated rings. The van der Waals surface area contributed by atoms with E-state index in [2.05, 4.69) is 16.8 Å². The molecule has 0 radical (unpaired) electrons. The number of benzene rings is 1. The van der Waals surface area contributed by atoms with E-state index in [0.717, 1.165) is 25.7 Å². The summed E-state index contributed by atoms with van der Waals surface area (Å²) in [6.07, 6.45) is 3.85. The molecule has 7 nitrogen and oxygen atoms in total. The van der Waals surface area contributed by atoms with Crippen molar-refractivity contribution in [2.75, 3.05) is 13.1 Å². The molecule has 156 valence electrons. The molecule has 0 aliphatic carbocycles. The minimum absolute atomic E-state index is 0.0761. The summed E-state index contributed by atoms with van der Waals surface area (Å²) in [7, 11) is -3.63. The highest BCUT2D eigenvalue weighted by molar-refractivity contribution is 7.89. The van der Waals surface area contributed by atoms with Crippen LogP contribution in [0.2, 0.25) is 0 Å². The molecule has 1 rings (SSSR count). The second kappa shape index (κ2) is 12.0. The van der Waals surface area contributed by atoms with Crippen LogP contribution in [-0.2, 0) is 14.8 Å². The van der Waals surface area contributed by atoms with Crippen molar-refractivity contribution in [1.82, 2.24) is 4.31 Å². The Morgan fingerprint density at radius 1 is 1.24 bits per heavy atom. The van der Waals surface area contributed by atoms with Gasteiger partial charge in [-0.3, -0.25) is 4.79 Å². The first kappa shape index (κ1) is 24.4. The Bertz CT molecular complexity index is 919. The number of aldehydes is 1. The van der Waals surface area contributed by atoms with Crippen molar-refractivity contribution in [3.8, 4) is 6.07 Å². The molecule has 0 aliphatic heterocycles. The van der Waals surface area contributed by atoms with Crippen LogP contribution in [0.25, 0.3) is 0 Å². The number of carbonyl (C=O) groups is 1. The molecule has 0 atom stereocenters. The number of nitriles is 1. The van der Waals surface area contributed by atoms with Crippen LogP contribution in [0.1, 0.15) is 46.5 Å². The molecular formula is C21H28N4O3S. The summed E-state index contributed by atoms with van der Waals surface area (Å²) in [4.78, 5) is 11.0. The zero-order valence-electron chi connectivity index (χ0n) is 17.3. The van der Waals surface area contributed by atoms with Gasteiger partial charge in [0.25, 0.3) is 0 Å². The first-order chi connectivity index (χ1) is 13.8. The third-order valence-electron chi connectivity index (χ3n) is 4.34. The van der Waals surface area contributed by atoms with Gasteiger partial charge >= 0.3 is 0 Å². The maximum absolute atomic E-state index is 13.1. The number of unbranched alkanes of at least 4 members (excludes halogenated alkanes) is 2. The molecular weight excluding hydrogens is 388 g/mol. The van der Waals surface area contributed by atoms with E-state index in [9.17, 15) is 13.2 Å². The smallest absolute Gasteiger partial charge is 0.243 e. The minimum atomic E-state index is -3.63. The monoisotopic (exact) mass is 416 g/mol. The quantitative estimate of drug-likeness (QED) is 0.159. The lowest BCUT2D eigenvalue weighted by Gasteiger charge is -2.22. The Kier molecular flexibility index (Phi) is 10.1. The van der Waals surface area contributed by atoms with E-state index in [1.807, 2.05) is 13.8 Å². The van der Waals surface area contributed by atoms with E-state index in [4.69, 9.17) is 5.26 Å². The molecule has 0 saturated carbocycles. The van der Waals surface area contributed by atoms with Crippen molar-refractivity contribution in [3.63, 3.8) is 0 Å². The predicted octanol–water partition coefficient (Wildman–Crippen LogP) is 4.91. The summed E-state index contributed by atoms with van der Waals surface area (Å²) in [5, 5.41) is 16.9. The largest absolute Gasteiger partial charge is 0.297 e. The van der Waals surface area contributed by atoms with E-state index in [0.29, 0.717) is 30.6 Å². The summed E-state index contributed by atoms with van der Waals surface area (Å²) >= 11 is 0. The van der Waals surface area contributed by atoms with Crippen molar-refractivity contribution in [1.29, 1.82) is 5.26 Å². The van der Waals surface area contributed by atoms with Gasteiger partial charge in [-0.25, -0.2) is 8.42 Å². The number of nitrogens with zero attached hydrogens (tertiary/aromatic N) is 4. The average Bonchev–Trinajstić information content (AvgIpc) is 2.72. The maximum atomic E-state index is 13.1. The van der Waals surface area contributed by atoms with Crippen LogP contribution in [0.4, 0.5) is 5.69 Å². The third kappa shape index (κ3) is 7.04. The lowest BCUT2D eigenvalue weighted by atomic mass is 10.1. The Labute approximate surface area is 173 Å². The number of hydrogen-bond donors (Lipinski definition) is 0. The maximum Gasteiger partial charge on any atom is 0.243 e. The predicted molar refractivity (Wildman–Crippen MR) is 113 cm³/mol. The van der Waals surface area contributed by atoms with Crippen molar-refractivity contribution in [3.05, 3.63) is 47.7 Å². The summed E-state index contributed by atoms with van der Waals surface area (Å²) < 4.78 is 27.6. The van der Waals surface area contributed by atoms with Crippen LogP contribution in [0.15, 0.2) is 62.8 Å². The van der Waals surface area contributed by atoms with Crippen LogP contribution in [-0.4, -0.2) is 32.1 Å². The SMILES string of the molecule is C=C(N=Nc1cccc(S(=O)(=O)N(CCCC)CCCC)c1)/C(C)=C(/C#N)C=O. The summed E-state index contributed by atoms with van der Waals surface area (Å²) in [5.41, 5.74) is 0.748. The van der Waals surface area contributed by atoms with Gasteiger partial charge in [0, 0.05) is 13.1 Å². The van der Waals surface area contributed by atoms with Gasteiger partial charge in [0.1, 0.15) is 6.07 Å². The van der Waals surface area contributed by atoms with Crippen molar-refractivity contribution in [2.24, 2.45) is 10.2 Å². The van der Waals surface area contributed by atoms with Gasteiger partial charge in [-0.2, -0.15) is 19.8 Å². The van der Waals surface area contributed by atoms with Crippen LogP contribution in [0, 0.1) is 11.3 Å². The average molecular weight is 417 g/mol. The summed E-state index contributed by atoms with van der Waals surface area (Å²) in [6.45, 7) is 10.3. The highest BCUT2D eigenvalue weighted by atomic mass is 32.2. The van der Waals surface area contributed by atoms with E-state index in [1.165, 1.54) is 10.4 Å². The Balaban J connectivity index is 3.15. The lowest BCUT2D eigenvalue weighted by Crippen LogP contribution is -2.33. The topological polar surface area (TPSA) is 103 Å². The molecule has 0 bridgehead atoms. The Morgan fingerprint density at radius 2 is 1.86 bits per heavy atom. The first-order valence-electron chi connectivity index (χ1n) is 9.59. The van der Waals surface area contributed by atoms with Crippen molar-refractivity contribution < 1.29 is 13.2 Å². The number of azo groups is 1. The Morgan fingerprint density at radius 3 is 2.38 bits per heavy atom. The van der Waals surface area contributed by atoms with Crippen molar-refractivity contribution >= 4 is 22.0 Å². The van der Waals surface area contributed by atoms with Gasteiger partial charge in [0.2, 0.25) is 10.0 Å². The lowest BCUT2D eigenvalue weighted by molar-refractivity contribution is -0.104. The minimum Gasteiger partial charge on any atom is -0.297 e. The van der Waals surface area contributed by atoms with Gasteiger partial charge in [-0.15, -0.1) is 0 Å². The number of sulfonamides is 1. The van der Waals surface area contributed by atoms with Crippen LogP contribution in [0.3, 0.4) is 0 Å². The number of rotatable bonds is 12. The van der Waals surface area contributed by atoms with E-state index < -0.39 is 10.0 Å². The van der Waals surface area contributed by atoms with Gasteiger partial charge in [-0.05, 0) is 43.5 Å². The van der Waals surface area contributed by atoms with Gasteiger partial charge in [0.05, 0.1) is 21.9 Å². The normalized spacial score (nSPS) is 12.7. The number of carbonyl (C=O) groups excluding carboxylic acids is 1. The Hall–Kier alpha value is -2.63. The zero-order valence-corrected chi connectivity index (χ0v) is 18.1. The molecule has 0 aliphatic rings. The van der Waals surface area contributed by atoms with E-state index in [1.54, 1.807) is 31.2 Å². The molecule has 1 aromatic rings. The van der Waals surface area contributed by atoms with Gasteiger partial charge in [-0.1, -0.05) is 39.3 Å². The molecule has 0 spiro atoms. The zero-order chi connectivity index (χ0) is 21.9. The molecule has 0 unspecified atom stereocenters. The van der Waals surface area contributed by atoms with Crippen LogP contribution >= 0.6 is 0 Å². The third-order valence-corrected chi connectivity index (χ3v) is 6.23. The second-order valence-corrected chi connectivity index (χ2v) is 8.46. The fraction of sp³-hybridized carbons (Fsp3) is 0.429. The molecule has 0 N–H and O–H groups in total. The summed E-state index contributed by atoms with van der Waals surface area (Å²) in [6, 6.07) is 8.01. The van der Waals surface area contributed by atoms with Crippen LogP contribution in [0.5, 0.6) is 0 Å².